The summed E-state index contributed by atoms with van der Waals surface area (Å²) in [6.07, 6.45) is 0.548. The van der Waals surface area contributed by atoms with Gasteiger partial charge in [0.25, 0.3) is 11.2 Å². The quantitative estimate of drug-likeness (QED) is 0.399. The van der Waals surface area contributed by atoms with Crippen molar-refractivity contribution in [2.75, 3.05) is 22.1 Å². The van der Waals surface area contributed by atoms with Gasteiger partial charge in [0.1, 0.15) is 5.82 Å². The van der Waals surface area contributed by atoms with Crippen LogP contribution in [0.2, 0.25) is 0 Å². The number of carbonyl (C=O) groups excluding carboxylic acids is 2. The van der Waals surface area contributed by atoms with Crippen molar-refractivity contribution in [3.05, 3.63) is 85.7 Å². The second kappa shape index (κ2) is 8.43. The van der Waals surface area contributed by atoms with Crippen LogP contribution in [0.25, 0.3) is 0 Å². The van der Waals surface area contributed by atoms with E-state index in [1.807, 2.05) is 23.1 Å². The first-order chi connectivity index (χ1) is 16.4. The van der Waals surface area contributed by atoms with Crippen LogP contribution in [-0.2, 0) is 22.6 Å². The number of nitrogens with one attached hydrogen (secondary N) is 3. The number of nitro benzene ring substituents is 1. The zero-order valence-corrected chi connectivity index (χ0v) is 17.9. The molecule has 3 heterocycles. The van der Waals surface area contributed by atoms with Gasteiger partial charge in [-0.1, -0.05) is 30.3 Å². The molecule has 2 aliphatic rings. The Labute approximate surface area is 193 Å². The summed E-state index contributed by atoms with van der Waals surface area (Å²) in [6.45, 7) is 1.20. The van der Waals surface area contributed by atoms with E-state index in [9.17, 15) is 24.5 Å². The molecule has 0 saturated heterocycles. The summed E-state index contributed by atoms with van der Waals surface area (Å²) in [6, 6.07) is 13.5. The molecule has 0 radical (unpaired) electrons. The van der Waals surface area contributed by atoms with Crippen molar-refractivity contribution >= 4 is 35.0 Å². The number of hydrogen-bond acceptors (Lipinski definition) is 7. The molecule has 11 heteroatoms. The topological polar surface area (TPSA) is 150 Å². The lowest BCUT2D eigenvalue weighted by molar-refractivity contribution is -0.384. The number of carbonyl (C=O) groups is 2. The zero-order valence-electron chi connectivity index (χ0n) is 17.9. The van der Waals surface area contributed by atoms with Crippen LogP contribution in [0.3, 0.4) is 0 Å². The van der Waals surface area contributed by atoms with Gasteiger partial charge in [-0.15, -0.1) is 0 Å². The molecule has 0 fully saturated rings. The first-order valence-corrected chi connectivity index (χ1v) is 10.7. The third-order valence-corrected chi connectivity index (χ3v) is 6.01. The number of nitrogens with zero attached hydrogens (tertiary/aromatic N) is 3. The maximum Gasteiger partial charge on any atom is 0.271 e. The molecule has 1 unspecified atom stereocenters. The maximum absolute atomic E-state index is 13.0. The van der Waals surface area contributed by atoms with E-state index in [4.69, 9.17) is 0 Å². The lowest BCUT2D eigenvalue weighted by Crippen LogP contribution is -2.38. The van der Waals surface area contributed by atoms with Gasteiger partial charge in [-0.3, -0.25) is 29.5 Å². The van der Waals surface area contributed by atoms with Gasteiger partial charge in [-0.25, -0.2) is 0 Å². The molecular formula is C23H20N6O5. The number of nitro groups is 1. The van der Waals surface area contributed by atoms with Crippen LogP contribution in [0.5, 0.6) is 0 Å². The van der Waals surface area contributed by atoms with Crippen LogP contribution in [-0.4, -0.2) is 33.3 Å². The number of anilines is 3. The van der Waals surface area contributed by atoms with E-state index < -0.39 is 28.2 Å². The maximum atomic E-state index is 13.0. The van der Waals surface area contributed by atoms with Gasteiger partial charge in [-0.05, 0) is 23.6 Å². The summed E-state index contributed by atoms with van der Waals surface area (Å²) in [5.74, 6) is -1.79. The molecule has 2 amide bonds. The van der Waals surface area contributed by atoms with Crippen molar-refractivity contribution in [1.29, 1.82) is 0 Å². The first kappa shape index (κ1) is 21.3. The van der Waals surface area contributed by atoms with E-state index >= 15 is 0 Å². The fourth-order valence-electron chi connectivity index (χ4n) is 4.34. The van der Waals surface area contributed by atoms with Crippen molar-refractivity contribution in [3.8, 4) is 0 Å². The smallest absolute Gasteiger partial charge is 0.271 e. The minimum Gasteiger partial charge on any atom is -0.338 e. The third-order valence-electron chi connectivity index (χ3n) is 6.01. The number of rotatable bonds is 4. The van der Waals surface area contributed by atoms with E-state index in [-0.39, 0.29) is 29.2 Å². The minimum atomic E-state index is -1.09. The molecule has 3 aromatic rings. The Morgan fingerprint density at radius 2 is 1.94 bits per heavy atom. The summed E-state index contributed by atoms with van der Waals surface area (Å²) in [5.41, 5.74) is 1.92. The van der Waals surface area contributed by atoms with Gasteiger partial charge in [0.15, 0.2) is 0 Å². The lowest BCUT2D eigenvalue weighted by Gasteiger charge is -2.30. The Hall–Kier alpha value is -4.54. The third kappa shape index (κ3) is 3.98. The highest BCUT2D eigenvalue weighted by Gasteiger charge is 2.35. The van der Waals surface area contributed by atoms with Crippen molar-refractivity contribution in [2.45, 2.75) is 25.3 Å². The summed E-state index contributed by atoms with van der Waals surface area (Å²) in [7, 11) is 0. The molecule has 1 atom stereocenters. The number of non-ortho nitro benzene ring substituents is 1. The number of H-pyrrole nitrogens is 1. The van der Waals surface area contributed by atoms with Gasteiger partial charge in [-0.2, -0.15) is 4.98 Å². The van der Waals surface area contributed by atoms with Gasteiger partial charge < -0.3 is 15.5 Å². The number of amides is 2. The molecule has 3 N–H and O–H groups in total. The molecule has 11 nitrogen and oxygen atoms in total. The number of hydrogen-bond donors (Lipinski definition) is 3. The second-order valence-corrected chi connectivity index (χ2v) is 8.19. The highest BCUT2D eigenvalue weighted by atomic mass is 16.6. The number of aromatic amines is 1. The van der Waals surface area contributed by atoms with Crippen molar-refractivity contribution in [2.24, 2.45) is 0 Å². The van der Waals surface area contributed by atoms with Crippen LogP contribution in [0.15, 0.2) is 53.3 Å². The Balaban J connectivity index is 1.43. The predicted molar refractivity (Wildman–Crippen MR) is 124 cm³/mol. The van der Waals surface area contributed by atoms with E-state index in [0.717, 1.165) is 12.0 Å². The van der Waals surface area contributed by atoms with E-state index in [1.165, 1.54) is 29.8 Å². The summed E-state index contributed by atoms with van der Waals surface area (Å²) in [4.78, 5) is 58.0. The van der Waals surface area contributed by atoms with Crippen molar-refractivity contribution < 1.29 is 14.5 Å². The number of aromatic nitrogens is 2. The number of fused-ring (bicyclic) bond motifs is 2. The predicted octanol–water partition coefficient (Wildman–Crippen LogP) is 2.31. The van der Waals surface area contributed by atoms with Gasteiger partial charge in [0.05, 0.1) is 16.4 Å². The molecule has 1 aromatic heterocycles. The Bertz CT molecular complexity index is 1380. The molecule has 5 rings (SSSR count). The largest absolute Gasteiger partial charge is 0.338 e. The minimum absolute atomic E-state index is 0.0491. The molecule has 0 spiro atoms. The van der Waals surface area contributed by atoms with Crippen LogP contribution in [0.4, 0.5) is 23.1 Å². The molecule has 0 bridgehead atoms. The Kier molecular flexibility index (Phi) is 5.28. The average Bonchev–Trinajstić information content (AvgIpc) is 2.83. The molecule has 2 aromatic carbocycles. The lowest BCUT2D eigenvalue weighted by atomic mass is 9.92. The van der Waals surface area contributed by atoms with Gasteiger partial charge >= 0.3 is 0 Å². The molecule has 34 heavy (non-hydrogen) atoms. The normalized spacial score (nSPS) is 16.8. The molecular weight excluding hydrogens is 440 g/mol. The van der Waals surface area contributed by atoms with E-state index in [2.05, 4.69) is 26.7 Å². The van der Waals surface area contributed by atoms with Gasteiger partial charge in [0, 0.05) is 37.3 Å². The molecule has 0 saturated carbocycles. The van der Waals surface area contributed by atoms with Crippen LogP contribution in [0, 0.1) is 10.1 Å². The molecule has 0 aliphatic carbocycles. The van der Waals surface area contributed by atoms with Crippen molar-refractivity contribution in [3.63, 3.8) is 0 Å². The fraction of sp³-hybridized carbons (Fsp3) is 0.217. The average molecular weight is 460 g/mol. The highest BCUT2D eigenvalue weighted by molar-refractivity contribution is 6.04. The van der Waals surface area contributed by atoms with Gasteiger partial charge in [0.2, 0.25) is 17.8 Å². The molecule has 172 valence electrons. The first-order valence-electron chi connectivity index (χ1n) is 10.7. The summed E-state index contributed by atoms with van der Waals surface area (Å²) >= 11 is 0. The summed E-state index contributed by atoms with van der Waals surface area (Å²) < 4.78 is 0. The van der Waals surface area contributed by atoms with Crippen LogP contribution in [0.1, 0.15) is 29.0 Å². The highest BCUT2D eigenvalue weighted by Crippen LogP contribution is 2.31. The SMILES string of the molecule is O=C1CC(C(=O)Nc2cccc([N+](=O)[O-])c2)c2c(nc(N3CCc4ccccc4C3)[nH]c2=O)N1. The van der Waals surface area contributed by atoms with E-state index in [1.54, 1.807) is 0 Å². The Morgan fingerprint density at radius 1 is 1.15 bits per heavy atom. The van der Waals surface area contributed by atoms with E-state index in [0.29, 0.717) is 19.0 Å². The standard InChI is InChI=1S/C23H20N6O5/c30-18-11-17(21(31)24-15-6-3-7-16(10-15)29(33)34)19-20(25-18)26-23(27-22(19)32)28-9-8-13-4-1-2-5-14(13)12-28/h1-7,10,17H,8-9,11-12H2,(H,24,31)(H2,25,26,27,30,32). The second-order valence-electron chi connectivity index (χ2n) is 8.19. The number of benzene rings is 2. The fourth-order valence-corrected chi connectivity index (χ4v) is 4.34. The summed E-state index contributed by atoms with van der Waals surface area (Å²) in [5, 5.41) is 16.2. The zero-order chi connectivity index (χ0) is 23.8. The van der Waals surface area contributed by atoms with Crippen LogP contribution < -0.4 is 21.1 Å². The molecule has 2 aliphatic heterocycles. The monoisotopic (exact) mass is 460 g/mol. The Morgan fingerprint density at radius 3 is 2.74 bits per heavy atom. The van der Waals surface area contributed by atoms with Crippen LogP contribution >= 0.6 is 0 Å². The van der Waals surface area contributed by atoms with Crippen molar-refractivity contribution in [1.82, 2.24) is 9.97 Å².